The highest BCUT2D eigenvalue weighted by atomic mass is 31.1. The molecule has 4 heteroatoms. The van der Waals surface area contributed by atoms with E-state index in [1.807, 2.05) is 0 Å². The van der Waals surface area contributed by atoms with Gasteiger partial charge in [0.25, 0.3) is 5.28 Å². The van der Waals surface area contributed by atoms with Crippen LogP contribution in [0.3, 0.4) is 0 Å². The molecule has 0 saturated heterocycles. The molecule has 0 saturated carbocycles. The summed E-state index contributed by atoms with van der Waals surface area (Å²) in [7, 11) is 1.81. The minimum atomic E-state index is -2.43. The van der Waals surface area contributed by atoms with Gasteiger partial charge in [0.1, 0.15) is 0 Å². The van der Waals surface area contributed by atoms with Gasteiger partial charge in [-0.05, 0) is 44.9 Å². The summed E-state index contributed by atoms with van der Waals surface area (Å²) in [6.45, 7) is 7.47. The van der Waals surface area contributed by atoms with E-state index in [-0.39, 0.29) is 0 Å². The Kier molecular flexibility index (Phi) is 20.9. The van der Waals surface area contributed by atoms with Crippen LogP contribution in [0.25, 0.3) is 0 Å². The van der Waals surface area contributed by atoms with Crippen molar-refractivity contribution in [2.45, 2.75) is 154 Å². The molecule has 0 bridgehead atoms. The SMILES string of the molecule is CCCCCCCC/C=C\CCCCCCCCCCC(CCC)([P+](=O)[O-])[N+](C)(C)CCC. The first kappa shape index (κ1) is 32.8. The number of quaternary nitrogens is 1. The Morgan fingerprint density at radius 1 is 0.636 bits per heavy atom. The molecule has 0 fully saturated rings. The summed E-state index contributed by atoms with van der Waals surface area (Å²) >= 11 is 0. The van der Waals surface area contributed by atoms with Crippen LogP contribution < -0.4 is 4.89 Å². The third-order valence-electron chi connectivity index (χ3n) is 7.49. The molecule has 0 radical (unpaired) electrons. The zero-order valence-corrected chi connectivity index (χ0v) is 24.1. The average Bonchev–Trinajstić information content (AvgIpc) is 2.77. The van der Waals surface area contributed by atoms with Gasteiger partial charge < -0.3 is 4.89 Å². The molecule has 0 spiro atoms. The van der Waals surface area contributed by atoms with Crippen molar-refractivity contribution in [3.63, 3.8) is 0 Å². The second kappa shape index (κ2) is 21.1. The van der Waals surface area contributed by atoms with Gasteiger partial charge in [-0.1, -0.05) is 108 Å². The van der Waals surface area contributed by atoms with Gasteiger partial charge in [0, 0.05) is 12.8 Å². The standard InChI is InChI=1S/C29H59NO2P/c1-6-9-10-11-12-13-14-15-16-17-18-19-20-21-22-23-24-25-27-29(26-7-2,33(31)32)30(4,5)28-8-3/h15-16H,6-14,17-28H2,1-5H3/q+1/b16-15-. The summed E-state index contributed by atoms with van der Waals surface area (Å²) in [6, 6.07) is 0. The number of hydrogen-bond donors (Lipinski definition) is 0. The van der Waals surface area contributed by atoms with Crippen molar-refractivity contribution in [1.82, 2.24) is 0 Å². The first-order valence-corrected chi connectivity index (χ1v) is 15.7. The Hall–Kier alpha value is -0.240. The fraction of sp³-hybridized carbons (Fsp3) is 0.931. The quantitative estimate of drug-likeness (QED) is 0.0592. The van der Waals surface area contributed by atoms with E-state index in [0.29, 0.717) is 4.48 Å². The molecule has 0 amide bonds. The molecule has 0 aliphatic rings. The van der Waals surface area contributed by atoms with Gasteiger partial charge in [-0.25, -0.2) is 0 Å². The molecule has 2 atom stereocenters. The Balaban J connectivity index is 3.85. The smallest absolute Gasteiger partial charge is 0.376 e. The first-order chi connectivity index (χ1) is 15.9. The van der Waals surface area contributed by atoms with Gasteiger partial charge in [0.2, 0.25) is 0 Å². The van der Waals surface area contributed by atoms with Crippen LogP contribution in [0.15, 0.2) is 12.2 Å². The molecule has 0 aromatic carbocycles. The van der Waals surface area contributed by atoms with E-state index in [0.717, 1.165) is 38.6 Å². The maximum Gasteiger partial charge on any atom is 0.376 e. The Morgan fingerprint density at radius 2 is 1.09 bits per heavy atom. The van der Waals surface area contributed by atoms with Gasteiger partial charge in [-0.3, -0.25) is 4.48 Å². The zero-order chi connectivity index (χ0) is 24.8. The molecule has 196 valence electrons. The molecule has 0 aromatic heterocycles. The van der Waals surface area contributed by atoms with Crippen molar-refractivity contribution in [1.29, 1.82) is 0 Å². The van der Waals surface area contributed by atoms with E-state index in [1.165, 1.54) is 96.3 Å². The van der Waals surface area contributed by atoms with E-state index in [9.17, 15) is 9.46 Å². The van der Waals surface area contributed by atoms with Crippen LogP contribution in [-0.4, -0.2) is 30.4 Å². The largest absolute Gasteiger partial charge is 0.590 e. The summed E-state index contributed by atoms with van der Waals surface area (Å²) in [4.78, 5) is 12.4. The summed E-state index contributed by atoms with van der Waals surface area (Å²) in [5, 5.41) is -0.581. The van der Waals surface area contributed by atoms with E-state index in [4.69, 9.17) is 0 Å². The summed E-state index contributed by atoms with van der Waals surface area (Å²) in [6.07, 6.45) is 29.3. The fourth-order valence-corrected chi connectivity index (χ4v) is 6.60. The molecule has 33 heavy (non-hydrogen) atoms. The second-order valence-electron chi connectivity index (χ2n) is 10.8. The van der Waals surface area contributed by atoms with Crippen molar-refractivity contribution in [3.05, 3.63) is 12.2 Å². The van der Waals surface area contributed by atoms with Gasteiger partial charge in [0.05, 0.1) is 20.6 Å². The van der Waals surface area contributed by atoms with Crippen molar-refractivity contribution >= 4 is 8.03 Å². The van der Waals surface area contributed by atoms with Crippen LogP contribution in [0.2, 0.25) is 0 Å². The first-order valence-electron chi connectivity index (χ1n) is 14.5. The highest BCUT2D eigenvalue weighted by molar-refractivity contribution is 7.38. The van der Waals surface area contributed by atoms with Crippen molar-refractivity contribution in [2.24, 2.45) is 0 Å². The molecule has 0 heterocycles. The fourth-order valence-electron chi connectivity index (χ4n) is 5.31. The van der Waals surface area contributed by atoms with Crippen LogP contribution >= 0.6 is 8.03 Å². The van der Waals surface area contributed by atoms with E-state index in [1.54, 1.807) is 0 Å². The maximum atomic E-state index is 12.4. The summed E-state index contributed by atoms with van der Waals surface area (Å²) in [5.41, 5.74) is 0. The molecular weight excluding hydrogens is 425 g/mol. The van der Waals surface area contributed by atoms with E-state index in [2.05, 4.69) is 47.0 Å². The molecule has 3 nitrogen and oxygen atoms in total. The molecule has 0 aliphatic heterocycles. The Bertz CT molecular complexity index is 492. The maximum absolute atomic E-state index is 12.4. The van der Waals surface area contributed by atoms with Crippen LogP contribution in [0.4, 0.5) is 0 Å². The Morgan fingerprint density at radius 3 is 1.52 bits per heavy atom. The van der Waals surface area contributed by atoms with Gasteiger partial charge >= 0.3 is 8.03 Å². The molecular formula is C29H59NO2P+. The number of rotatable bonds is 24. The highest BCUT2D eigenvalue weighted by Gasteiger charge is 2.55. The molecule has 0 aliphatic carbocycles. The van der Waals surface area contributed by atoms with Crippen molar-refractivity contribution in [3.8, 4) is 0 Å². The number of allylic oxidation sites excluding steroid dienone is 2. The van der Waals surface area contributed by atoms with E-state index < -0.39 is 13.3 Å². The van der Waals surface area contributed by atoms with Crippen LogP contribution in [0.1, 0.15) is 149 Å². The monoisotopic (exact) mass is 484 g/mol. The normalized spacial score (nSPS) is 14.7. The highest BCUT2D eigenvalue weighted by Crippen LogP contribution is 2.46. The molecule has 0 rings (SSSR count). The number of unbranched alkanes of at least 4 members (excludes halogenated alkanes) is 14. The average molecular weight is 485 g/mol. The lowest BCUT2D eigenvalue weighted by atomic mass is 9.98. The van der Waals surface area contributed by atoms with Crippen molar-refractivity contribution in [2.75, 3.05) is 20.6 Å². The second-order valence-corrected chi connectivity index (χ2v) is 12.1. The number of hydrogen-bond acceptors (Lipinski definition) is 2. The lowest BCUT2D eigenvalue weighted by Gasteiger charge is -2.42. The summed E-state index contributed by atoms with van der Waals surface area (Å²) in [5.74, 6) is 0. The lowest BCUT2D eigenvalue weighted by Crippen LogP contribution is -2.58. The third-order valence-corrected chi connectivity index (χ3v) is 9.16. The molecule has 2 unspecified atom stereocenters. The van der Waals surface area contributed by atoms with Crippen LogP contribution in [-0.2, 0) is 4.57 Å². The molecule has 0 N–H and O–H groups in total. The van der Waals surface area contributed by atoms with Crippen molar-refractivity contribution < 1.29 is 13.9 Å². The van der Waals surface area contributed by atoms with Gasteiger partial charge in [-0.2, -0.15) is 0 Å². The minimum Gasteiger partial charge on any atom is -0.590 e. The predicted molar refractivity (Wildman–Crippen MR) is 146 cm³/mol. The number of nitrogens with zero attached hydrogens (tertiary/aromatic N) is 1. The van der Waals surface area contributed by atoms with Gasteiger partial charge in [0.15, 0.2) is 0 Å². The minimum absolute atomic E-state index is 0.581. The zero-order valence-electron chi connectivity index (χ0n) is 23.2. The molecule has 0 aromatic rings. The third kappa shape index (κ3) is 14.7. The van der Waals surface area contributed by atoms with E-state index >= 15 is 0 Å². The predicted octanol–water partition coefficient (Wildman–Crippen LogP) is 9.28. The summed E-state index contributed by atoms with van der Waals surface area (Å²) < 4.78 is 13.0. The lowest BCUT2D eigenvalue weighted by molar-refractivity contribution is -0.928. The van der Waals surface area contributed by atoms with Crippen LogP contribution in [0.5, 0.6) is 0 Å². The Labute approximate surface area is 209 Å². The topological polar surface area (TPSA) is 40.1 Å². The van der Waals surface area contributed by atoms with Gasteiger partial charge in [-0.15, -0.1) is 0 Å². The van der Waals surface area contributed by atoms with Crippen LogP contribution in [0, 0.1) is 0 Å².